The van der Waals surface area contributed by atoms with Crippen LogP contribution < -0.4 is 5.32 Å². The molecule has 2 aromatic rings. The van der Waals surface area contributed by atoms with E-state index in [0.717, 1.165) is 30.0 Å². The molecule has 1 heterocycles. The fourth-order valence-electron chi connectivity index (χ4n) is 1.62. The summed E-state index contributed by atoms with van der Waals surface area (Å²) in [5.41, 5.74) is 3.33. The fraction of sp³-hybridized carbons (Fsp3) is 0.417. The maximum atomic E-state index is 4.37. The minimum Gasteiger partial charge on any atom is -0.319 e. The second kappa shape index (κ2) is 5.05. The summed E-state index contributed by atoms with van der Waals surface area (Å²) in [5, 5.41) is 15.6. The van der Waals surface area contributed by atoms with Crippen molar-refractivity contribution in [1.82, 2.24) is 25.5 Å². The van der Waals surface area contributed by atoms with Crippen LogP contribution in [0.3, 0.4) is 0 Å². The van der Waals surface area contributed by atoms with Crippen LogP contribution >= 0.6 is 0 Å². The lowest BCUT2D eigenvalue weighted by atomic mass is 10.1. The van der Waals surface area contributed by atoms with Crippen molar-refractivity contribution in [1.29, 1.82) is 0 Å². The summed E-state index contributed by atoms with van der Waals surface area (Å²) < 4.78 is 0. The lowest BCUT2D eigenvalue weighted by Crippen LogP contribution is -2.11. The summed E-state index contributed by atoms with van der Waals surface area (Å²) in [6.07, 6.45) is 0.793. The molecule has 5 nitrogen and oxygen atoms in total. The Balaban J connectivity index is 2.27. The molecule has 1 N–H and O–H groups in total. The van der Waals surface area contributed by atoms with Crippen molar-refractivity contribution in [3.8, 4) is 5.69 Å². The van der Waals surface area contributed by atoms with Crippen LogP contribution in [0.4, 0.5) is 0 Å². The van der Waals surface area contributed by atoms with E-state index in [-0.39, 0.29) is 0 Å². The number of hydrogen-bond acceptors (Lipinski definition) is 4. The number of tetrazole rings is 1. The number of aromatic nitrogens is 4. The van der Waals surface area contributed by atoms with Gasteiger partial charge in [0.25, 0.3) is 0 Å². The third-order valence-electron chi connectivity index (χ3n) is 2.63. The van der Waals surface area contributed by atoms with Gasteiger partial charge in [0.15, 0.2) is 5.82 Å². The average molecular weight is 231 g/mol. The predicted octanol–water partition coefficient (Wildman–Crippen LogP) is 1.04. The third kappa shape index (κ3) is 2.68. The Morgan fingerprint density at radius 1 is 1.29 bits per heavy atom. The van der Waals surface area contributed by atoms with E-state index in [4.69, 9.17) is 0 Å². The van der Waals surface area contributed by atoms with Gasteiger partial charge in [-0.05, 0) is 43.3 Å². The first kappa shape index (κ1) is 11.7. The van der Waals surface area contributed by atoms with Gasteiger partial charge in [-0.3, -0.25) is 0 Å². The number of benzene rings is 1. The van der Waals surface area contributed by atoms with Gasteiger partial charge >= 0.3 is 0 Å². The largest absolute Gasteiger partial charge is 0.319 e. The van der Waals surface area contributed by atoms with Crippen molar-refractivity contribution in [3.05, 3.63) is 35.2 Å². The van der Waals surface area contributed by atoms with Gasteiger partial charge in [0.2, 0.25) is 0 Å². The van der Waals surface area contributed by atoms with Crippen LogP contribution in [0.15, 0.2) is 18.2 Å². The maximum Gasteiger partial charge on any atom is 0.176 e. The van der Waals surface area contributed by atoms with E-state index in [2.05, 4.69) is 45.9 Å². The molecule has 0 bridgehead atoms. The fourth-order valence-corrected chi connectivity index (χ4v) is 1.62. The summed E-state index contributed by atoms with van der Waals surface area (Å²) >= 11 is 0. The molecule has 1 aromatic heterocycles. The standard InChI is InChI=1S/C12H17N5/c1-9-4-5-10(2)11(8-9)17-15-12(14-16-17)6-7-13-3/h4-5,8,13H,6-7H2,1-3H3. The first-order valence-electron chi connectivity index (χ1n) is 5.72. The molecule has 0 unspecified atom stereocenters. The van der Waals surface area contributed by atoms with E-state index in [1.54, 1.807) is 4.80 Å². The molecule has 0 radical (unpaired) electrons. The van der Waals surface area contributed by atoms with Crippen molar-refractivity contribution in [2.75, 3.05) is 13.6 Å². The van der Waals surface area contributed by atoms with Crippen LogP contribution in [0.1, 0.15) is 17.0 Å². The Hall–Kier alpha value is -1.75. The zero-order valence-electron chi connectivity index (χ0n) is 10.4. The quantitative estimate of drug-likeness (QED) is 0.854. The van der Waals surface area contributed by atoms with Gasteiger partial charge in [-0.15, -0.1) is 15.0 Å². The molecule has 90 valence electrons. The summed E-state index contributed by atoms with van der Waals surface area (Å²) in [4.78, 5) is 1.60. The van der Waals surface area contributed by atoms with Crippen molar-refractivity contribution in [2.24, 2.45) is 0 Å². The Bertz CT molecular complexity index is 503. The number of nitrogens with zero attached hydrogens (tertiary/aromatic N) is 4. The van der Waals surface area contributed by atoms with Gasteiger partial charge in [-0.1, -0.05) is 12.1 Å². The minimum absolute atomic E-state index is 0.764. The molecule has 1 aromatic carbocycles. The first-order valence-corrected chi connectivity index (χ1v) is 5.72. The number of likely N-dealkylation sites (N-methyl/N-ethyl adjacent to an activating group) is 1. The average Bonchev–Trinajstić information content (AvgIpc) is 2.78. The molecule has 0 spiro atoms. The normalized spacial score (nSPS) is 10.8. The van der Waals surface area contributed by atoms with Gasteiger partial charge in [0.05, 0.1) is 5.69 Å². The minimum atomic E-state index is 0.764. The molecule has 0 aliphatic carbocycles. The summed E-state index contributed by atoms with van der Waals surface area (Å²) in [6.45, 7) is 4.96. The van der Waals surface area contributed by atoms with Crippen molar-refractivity contribution >= 4 is 0 Å². The second-order valence-electron chi connectivity index (χ2n) is 4.14. The molecule has 0 aliphatic heterocycles. The Morgan fingerprint density at radius 3 is 2.88 bits per heavy atom. The number of hydrogen-bond donors (Lipinski definition) is 1. The Kier molecular flexibility index (Phi) is 3.49. The SMILES string of the molecule is CNCCc1nnn(-c2cc(C)ccc2C)n1. The zero-order valence-corrected chi connectivity index (χ0v) is 10.4. The van der Waals surface area contributed by atoms with E-state index in [1.807, 2.05) is 14.0 Å². The van der Waals surface area contributed by atoms with Crippen LogP contribution in [0.2, 0.25) is 0 Å². The van der Waals surface area contributed by atoms with Crippen LogP contribution in [0.25, 0.3) is 5.69 Å². The first-order chi connectivity index (χ1) is 8.20. The lowest BCUT2D eigenvalue weighted by Gasteiger charge is -2.04. The van der Waals surface area contributed by atoms with E-state index in [0.29, 0.717) is 0 Å². The van der Waals surface area contributed by atoms with Crippen molar-refractivity contribution in [3.63, 3.8) is 0 Å². The number of aryl methyl sites for hydroxylation is 2. The Labute approximate surface area is 101 Å². The van der Waals surface area contributed by atoms with E-state index in [9.17, 15) is 0 Å². The smallest absolute Gasteiger partial charge is 0.176 e. The molecular weight excluding hydrogens is 214 g/mol. The predicted molar refractivity (Wildman–Crippen MR) is 66.3 cm³/mol. The van der Waals surface area contributed by atoms with Gasteiger partial charge in [0, 0.05) is 13.0 Å². The molecular formula is C12H17N5. The summed E-state index contributed by atoms with van der Waals surface area (Å²) in [7, 11) is 1.91. The topological polar surface area (TPSA) is 55.6 Å². The van der Waals surface area contributed by atoms with Crippen LogP contribution in [0, 0.1) is 13.8 Å². The summed E-state index contributed by atoms with van der Waals surface area (Å²) in [6, 6.07) is 6.22. The molecule has 0 atom stereocenters. The molecule has 2 rings (SSSR count). The monoisotopic (exact) mass is 231 g/mol. The zero-order chi connectivity index (χ0) is 12.3. The van der Waals surface area contributed by atoms with Crippen molar-refractivity contribution < 1.29 is 0 Å². The van der Waals surface area contributed by atoms with E-state index in [1.165, 1.54) is 5.56 Å². The highest BCUT2D eigenvalue weighted by atomic mass is 15.6. The highest BCUT2D eigenvalue weighted by Gasteiger charge is 2.06. The number of nitrogens with one attached hydrogen (secondary N) is 1. The Morgan fingerprint density at radius 2 is 2.12 bits per heavy atom. The van der Waals surface area contributed by atoms with Gasteiger partial charge in [-0.2, -0.15) is 0 Å². The van der Waals surface area contributed by atoms with E-state index >= 15 is 0 Å². The van der Waals surface area contributed by atoms with Gasteiger partial charge in [0.1, 0.15) is 0 Å². The van der Waals surface area contributed by atoms with Crippen LogP contribution in [0.5, 0.6) is 0 Å². The molecule has 0 saturated carbocycles. The third-order valence-corrected chi connectivity index (χ3v) is 2.63. The molecule has 0 amide bonds. The highest BCUT2D eigenvalue weighted by molar-refractivity contribution is 5.41. The van der Waals surface area contributed by atoms with Crippen LogP contribution in [-0.4, -0.2) is 33.8 Å². The molecule has 0 fully saturated rings. The van der Waals surface area contributed by atoms with Crippen LogP contribution in [-0.2, 0) is 6.42 Å². The lowest BCUT2D eigenvalue weighted by molar-refractivity contribution is 0.709. The summed E-state index contributed by atoms with van der Waals surface area (Å²) in [5.74, 6) is 0.764. The highest BCUT2D eigenvalue weighted by Crippen LogP contribution is 2.13. The van der Waals surface area contributed by atoms with Crippen molar-refractivity contribution in [2.45, 2.75) is 20.3 Å². The second-order valence-corrected chi connectivity index (χ2v) is 4.14. The van der Waals surface area contributed by atoms with Gasteiger partial charge < -0.3 is 5.32 Å². The van der Waals surface area contributed by atoms with E-state index < -0.39 is 0 Å². The number of rotatable bonds is 4. The van der Waals surface area contributed by atoms with Gasteiger partial charge in [-0.25, -0.2) is 0 Å². The molecule has 0 aliphatic rings. The molecule has 0 saturated heterocycles. The maximum absolute atomic E-state index is 4.37. The molecule has 5 heteroatoms. The molecule has 17 heavy (non-hydrogen) atoms.